The predicted octanol–water partition coefficient (Wildman–Crippen LogP) is 5.58. The standard InChI is InChI=1S/C23H14F6N4O/c24-22(25,26)15-8-5-13(6-9-15)18(19-16(23(27,28)29)4-2-11-30-19)33-21(34)17-10-7-14-3-1-12-31-20(14)32-17/h1-12,18H,(H,33,34)/t18-/m0/s1. The van der Waals surface area contributed by atoms with E-state index in [-0.39, 0.29) is 16.9 Å². The first kappa shape index (κ1) is 23.1. The highest BCUT2D eigenvalue weighted by Gasteiger charge is 2.37. The van der Waals surface area contributed by atoms with E-state index in [1.54, 1.807) is 18.2 Å². The van der Waals surface area contributed by atoms with E-state index in [9.17, 15) is 31.1 Å². The van der Waals surface area contributed by atoms with Crippen LogP contribution in [0.1, 0.15) is 38.9 Å². The van der Waals surface area contributed by atoms with Gasteiger partial charge in [-0.15, -0.1) is 0 Å². The molecule has 0 aliphatic rings. The summed E-state index contributed by atoms with van der Waals surface area (Å²) in [7, 11) is 0. The summed E-state index contributed by atoms with van der Waals surface area (Å²) in [5.41, 5.74) is -2.59. The molecule has 0 saturated heterocycles. The van der Waals surface area contributed by atoms with Gasteiger partial charge in [-0.1, -0.05) is 12.1 Å². The fraction of sp³-hybridized carbons (Fsp3) is 0.130. The Bertz CT molecular complexity index is 1340. The van der Waals surface area contributed by atoms with Gasteiger partial charge >= 0.3 is 12.4 Å². The van der Waals surface area contributed by atoms with Crippen molar-refractivity contribution < 1.29 is 31.1 Å². The molecule has 0 radical (unpaired) electrons. The maximum atomic E-state index is 13.7. The van der Waals surface area contributed by atoms with E-state index in [1.807, 2.05) is 0 Å². The number of benzene rings is 1. The molecular weight excluding hydrogens is 462 g/mol. The zero-order valence-corrected chi connectivity index (χ0v) is 17.0. The van der Waals surface area contributed by atoms with Crippen molar-refractivity contribution in [2.75, 3.05) is 0 Å². The van der Waals surface area contributed by atoms with Gasteiger partial charge < -0.3 is 5.32 Å². The Labute approximate surface area is 188 Å². The SMILES string of the molecule is O=C(N[C@@H](c1ccc(C(F)(F)F)cc1)c1ncccc1C(F)(F)F)c1ccc2cccnc2n1. The number of carbonyl (C=O) groups excluding carboxylic acids is 1. The van der Waals surface area contributed by atoms with Crippen LogP contribution in [0, 0.1) is 0 Å². The molecule has 4 rings (SSSR count). The number of nitrogens with zero attached hydrogens (tertiary/aromatic N) is 3. The number of carbonyl (C=O) groups is 1. The monoisotopic (exact) mass is 476 g/mol. The molecule has 3 aromatic heterocycles. The smallest absolute Gasteiger partial charge is 0.338 e. The van der Waals surface area contributed by atoms with Crippen molar-refractivity contribution in [3.8, 4) is 0 Å². The first-order valence-electron chi connectivity index (χ1n) is 9.76. The van der Waals surface area contributed by atoms with Crippen LogP contribution in [0.2, 0.25) is 0 Å². The molecule has 0 unspecified atom stereocenters. The maximum absolute atomic E-state index is 13.7. The number of nitrogens with one attached hydrogen (secondary N) is 1. The van der Waals surface area contributed by atoms with Gasteiger partial charge in [0.05, 0.1) is 22.9 Å². The number of rotatable bonds is 4. The molecule has 11 heteroatoms. The van der Waals surface area contributed by atoms with Gasteiger partial charge in [0.2, 0.25) is 0 Å². The molecule has 1 amide bonds. The topological polar surface area (TPSA) is 67.8 Å². The number of amides is 1. The Morgan fingerprint density at radius 1 is 0.794 bits per heavy atom. The third kappa shape index (κ3) is 4.82. The van der Waals surface area contributed by atoms with E-state index >= 15 is 0 Å². The predicted molar refractivity (Wildman–Crippen MR) is 110 cm³/mol. The lowest BCUT2D eigenvalue weighted by Gasteiger charge is -2.22. The molecule has 1 N–H and O–H groups in total. The second kappa shape index (κ2) is 8.73. The van der Waals surface area contributed by atoms with Crippen LogP contribution in [0.25, 0.3) is 11.0 Å². The number of aromatic nitrogens is 3. The third-order valence-electron chi connectivity index (χ3n) is 4.96. The van der Waals surface area contributed by atoms with Gasteiger partial charge in [-0.05, 0) is 54.1 Å². The van der Waals surface area contributed by atoms with Crippen molar-refractivity contribution in [2.24, 2.45) is 0 Å². The van der Waals surface area contributed by atoms with Crippen LogP contribution in [-0.2, 0) is 12.4 Å². The minimum absolute atomic E-state index is 0.0236. The number of alkyl halides is 6. The Balaban J connectivity index is 1.77. The summed E-state index contributed by atoms with van der Waals surface area (Å²) >= 11 is 0. The molecule has 5 nitrogen and oxygen atoms in total. The van der Waals surface area contributed by atoms with E-state index in [0.29, 0.717) is 5.39 Å². The Hall–Kier alpha value is -4.02. The van der Waals surface area contributed by atoms with Gasteiger partial charge in [0.1, 0.15) is 5.69 Å². The largest absolute Gasteiger partial charge is 0.418 e. The molecule has 0 aliphatic heterocycles. The number of hydrogen-bond donors (Lipinski definition) is 1. The average Bonchev–Trinajstić information content (AvgIpc) is 2.81. The fourth-order valence-corrected chi connectivity index (χ4v) is 3.35. The molecule has 0 bridgehead atoms. The van der Waals surface area contributed by atoms with E-state index in [0.717, 1.165) is 42.6 Å². The number of fused-ring (bicyclic) bond motifs is 1. The van der Waals surface area contributed by atoms with E-state index in [4.69, 9.17) is 0 Å². The van der Waals surface area contributed by atoms with E-state index < -0.39 is 41.1 Å². The van der Waals surface area contributed by atoms with Crippen molar-refractivity contribution in [1.82, 2.24) is 20.3 Å². The lowest BCUT2D eigenvalue weighted by atomic mass is 9.97. The molecule has 1 aromatic carbocycles. The lowest BCUT2D eigenvalue weighted by molar-refractivity contribution is -0.139. The van der Waals surface area contributed by atoms with E-state index in [1.165, 1.54) is 12.3 Å². The van der Waals surface area contributed by atoms with E-state index in [2.05, 4.69) is 20.3 Å². The molecule has 0 aliphatic carbocycles. The Morgan fingerprint density at radius 3 is 2.15 bits per heavy atom. The van der Waals surface area contributed by atoms with Gasteiger partial charge in [0.15, 0.2) is 5.65 Å². The van der Waals surface area contributed by atoms with Gasteiger partial charge in [-0.3, -0.25) is 9.78 Å². The number of hydrogen-bond acceptors (Lipinski definition) is 4. The van der Waals surface area contributed by atoms with Crippen LogP contribution >= 0.6 is 0 Å². The molecular formula is C23H14F6N4O. The summed E-state index contributed by atoms with van der Waals surface area (Å²) in [4.78, 5) is 24.9. The molecule has 1 atom stereocenters. The molecule has 34 heavy (non-hydrogen) atoms. The summed E-state index contributed by atoms with van der Waals surface area (Å²) < 4.78 is 79.9. The van der Waals surface area contributed by atoms with Crippen LogP contribution in [0.4, 0.5) is 26.3 Å². The summed E-state index contributed by atoms with van der Waals surface area (Å²) in [6, 6.07) is 10.1. The summed E-state index contributed by atoms with van der Waals surface area (Å²) in [6.07, 6.45) is -6.89. The normalized spacial score (nSPS) is 13.0. The highest BCUT2D eigenvalue weighted by Crippen LogP contribution is 2.36. The summed E-state index contributed by atoms with van der Waals surface area (Å²) in [6.45, 7) is 0. The first-order valence-corrected chi connectivity index (χ1v) is 9.76. The minimum atomic E-state index is -4.82. The van der Waals surface area contributed by atoms with Crippen molar-refractivity contribution in [3.63, 3.8) is 0 Å². The lowest BCUT2D eigenvalue weighted by Crippen LogP contribution is -2.32. The molecule has 4 aromatic rings. The average molecular weight is 476 g/mol. The molecule has 3 heterocycles. The maximum Gasteiger partial charge on any atom is 0.418 e. The summed E-state index contributed by atoms with van der Waals surface area (Å²) in [5.74, 6) is -0.851. The van der Waals surface area contributed by atoms with Crippen molar-refractivity contribution in [3.05, 3.63) is 101 Å². The van der Waals surface area contributed by atoms with Crippen molar-refractivity contribution in [1.29, 1.82) is 0 Å². The van der Waals surface area contributed by atoms with Crippen LogP contribution in [0.5, 0.6) is 0 Å². The van der Waals surface area contributed by atoms with Gasteiger partial charge in [-0.25, -0.2) is 9.97 Å². The zero-order valence-electron chi connectivity index (χ0n) is 17.0. The third-order valence-corrected chi connectivity index (χ3v) is 4.96. The van der Waals surface area contributed by atoms with Crippen LogP contribution in [0.3, 0.4) is 0 Å². The molecule has 0 spiro atoms. The number of pyridine rings is 3. The second-order valence-corrected chi connectivity index (χ2v) is 7.21. The van der Waals surface area contributed by atoms with Crippen LogP contribution < -0.4 is 5.32 Å². The fourth-order valence-electron chi connectivity index (χ4n) is 3.35. The quantitative estimate of drug-likeness (QED) is 0.391. The first-order chi connectivity index (χ1) is 16.0. The highest BCUT2D eigenvalue weighted by atomic mass is 19.4. The van der Waals surface area contributed by atoms with Crippen LogP contribution in [0.15, 0.2) is 73.1 Å². The van der Waals surface area contributed by atoms with Gasteiger partial charge in [0, 0.05) is 17.8 Å². The molecule has 174 valence electrons. The summed E-state index contributed by atoms with van der Waals surface area (Å²) in [5, 5.41) is 3.07. The van der Waals surface area contributed by atoms with Crippen molar-refractivity contribution in [2.45, 2.75) is 18.4 Å². The highest BCUT2D eigenvalue weighted by molar-refractivity contribution is 5.94. The zero-order chi connectivity index (χ0) is 24.5. The molecule has 0 saturated carbocycles. The minimum Gasteiger partial charge on any atom is -0.338 e. The van der Waals surface area contributed by atoms with Crippen LogP contribution in [-0.4, -0.2) is 20.9 Å². The Morgan fingerprint density at radius 2 is 1.47 bits per heavy atom. The van der Waals surface area contributed by atoms with Crippen molar-refractivity contribution >= 4 is 16.9 Å². The Kier molecular flexibility index (Phi) is 5.94. The van der Waals surface area contributed by atoms with Gasteiger partial charge in [0.25, 0.3) is 5.91 Å². The van der Waals surface area contributed by atoms with Gasteiger partial charge in [-0.2, -0.15) is 26.3 Å². The second-order valence-electron chi connectivity index (χ2n) is 7.21. The molecule has 0 fully saturated rings. The number of halogens is 6.